The van der Waals surface area contributed by atoms with Crippen molar-refractivity contribution >= 4 is 17.8 Å². The molecule has 1 heterocycles. The summed E-state index contributed by atoms with van der Waals surface area (Å²) in [6.45, 7) is 8.93. The van der Waals surface area contributed by atoms with E-state index in [1.54, 1.807) is 39.8 Å². The highest BCUT2D eigenvalue weighted by Gasteiger charge is 2.45. The highest BCUT2D eigenvalue weighted by Crippen LogP contribution is 2.56. The van der Waals surface area contributed by atoms with Gasteiger partial charge >= 0.3 is 7.75 Å². The predicted molar refractivity (Wildman–Crippen MR) is 88.7 cm³/mol. The fourth-order valence-corrected chi connectivity index (χ4v) is 6.23. The zero-order valence-corrected chi connectivity index (χ0v) is 15.8. The van der Waals surface area contributed by atoms with Crippen LogP contribution in [0.25, 0.3) is 0 Å². The highest BCUT2D eigenvalue weighted by molar-refractivity contribution is 7.94. The number of hydrogen-bond acceptors (Lipinski definition) is 5. The maximum Gasteiger partial charge on any atom is 0.420 e. The van der Waals surface area contributed by atoms with E-state index in [9.17, 15) is 13.0 Å². The largest absolute Gasteiger partial charge is 0.420 e. The van der Waals surface area contributed by atoms with Crippen LogP contribution in [0.3, 0.4) is 0 Å². The van der Waals surface area contributed by atoms with Gasteiger partial charge in [-0.05, 0) is 59.6 Å². The van der Waals surface area contributed by atoms with E-state index in [-0.39, 0.29) is 4.90 Å². The molecular formula is C15H24NO5PS. The summed E-state index contributed by atoms with van der Waals surface area (Å²) in [5.74, 6) is 0. The molecule has 0 saturated carbocycles. The highest BCUT2D eigenvalue weighted by atomic mass is 32.2. The summed E-state index contributed by atoms with van der Waals surface area (Å²) >= 11 is 0. The van der Waals surface area contributed by atoms with Gasteiger partial charge in [0.15, 0.2) is 0 Å². The van der Waals surface area contributed by atoms with Crippen molar-refractivity contribution in [2.24, 2.45) is 0 Å². The standard InChI is InChI=1S/C15H24NO5PS/c1-12-6-8-13(9-7-12)23(18,19)16-22(17)20-14(2,3)10-11-15(4,5)21-22/h6-9H,10-11H2,1-5H3,(H,16,17). The van der Waals surface area contributed by atoms with Crippen molar-refractivity contribution in [3.63, 3.8) is 0 Å². The summed E-state index contributed by atoms with van der Waals surface area (Å²) in [6.07, 6.45) is 1.21. The molecule has 0 spiro atoms. The molecule has 8 heteroatoms. The molecule has 0 atom stereocenters. The van der Waals surface area contributed by atoms with E-state index in [0.29, 0.717) is 12.8 Å². The molecule has 0 bridgehead atoms. The van der Waals surface area contributed by atoms with Crippen LogP contribution in [0.1, 0.15) is 46.1 Å². The van der Waals surface area contributed by atoms with E-state index in [1.807, 2.05) is 6.92 Å². The number of nitrogens with one attached hydrogen (secondary N) is 1. The Bertz CT molecular complexity index is 703. The molecule has 0 radical (unpaired) electrons. The van der Waals surface area contributed by atoms with Gasteiger partial charge < -0.3 is 0 Å². The Morgan fingerprint density at radius 2 is 1.43 bits per heavy atom. The van der Waals surface area contributed by atoms with Gasteiger partial charge in [0.05, 0.1) is 16.1 Å². The van der Waals surface area contributed by atoms with Crippen molar-refractivity contribution in [3.05, 3.63) is 29.8 Å². The van der Waals surface area contributed by atoms with Gasteiger partial charge in [-0.1, -0.05) is 17.7 Å². The lowest BCUT2D eigenvalue weighted by Crippen LogP contribution is -2.30. The quantitative estimate of drug-likeness (QED) is 0.829. The van der Waals surface area contributed by atoms with Crippen molar-refractivity contribution < 1.29 is 22.0 Å². The van der Waals surface area contributed by atoms with Crippen LogP contribution in [0.4, 0.5) is 0 Å². The summed E-state index contributed by atoms with van der Waals surface area (Å²) in [6, 6.07) is 6.26. The molecule has 1 fully saturated rings. The summed E-state index contributed by atoms with van der Waals surface area (Å²) in [4.78, 5) is 0.0189. The molecule has 0 amide bonds. The van der Waals surface area contributed by atoms with E-state index in [0.717, 1.165) is 5.56 Å². The first kappa shape index (κ1) is 18.6. The maximum atomic E-state index is 13.0. The molecule has 130 valence electrons. The Morgan fingerprint density at radius 1 is 1.00 bits per heavy atom. The van der Waals surface area contributed by atoms with Gasteiger partial charge in [0.25, 0.3) is 0 Å². The fourth-order valence-electron chi connectivity index (χ4n) is 2.32. The minimum absolute atomic E-state index is 0.0189. The zero-order chi connectivity index (χ0) is 17.5. The van der Waals surface area contributed by atoms with E-state index >= 15 is 0 Å². The normalized spacial score (nSPS) is 23.2. The molecule has 1 N–H and O–H groups in total. The average molecular weight is 361 g/mol. The van der Waals surface area contributed by atoms with Crippen molar-refractivity contribution in [3.8, 4) is 0 Å². The number of sulfonamides is 1. The molecule has 0 unspecified atom stereocenters. The van der Waals surface area contributed by atoms with E-state index in [1.165, 1.54) is 12.1 Å². The molecule has 1 aromatic carbocycles. The first-order valence-electron chi connectivity index (χ1n) is 7.45. The lowest BCUT2D eigenvalue weighted by Gasteiger charge is -2.28. The van der Waals surface area contributed by atoms with Crippen LogP contribution in [0.2, 0.25) is 0 Å². The molecule has 6 nitrogen and oxygen atoms in total. The molecular weight excluding hydrogens is 337 g/mol. The van der Waals surface area contributed by atoms with Crippen molar-refractivity contribution in [1.82, 2.24) is 4.49 Å². The monoisotopic (exact) mass is 361 g/mol. The summed E-state index contributed by atoms with van der Waals surface area (Å²) < 4.78 is 51.3. The topological polar surface area (TPSA) is 81.7 Å². The van der Waals surface area contributed by atoms with Gasteiger partial charge in [0.1, 0.15) is 0 Å². The van der Waals surface area contributed by atoms with Crippen LogP contribution in [-0.2, 0) is 23.6 Å². The summed E-state index contributed by atoms with van der Waals surface area (Å²) in [5.41, 5.74) is -0.571. The van der Waals surface area contributed by atoms with Gasteiger partial charge in [-0.15, -0.1) is 4.49 Å². The van der Waals surface area contributed by atoms with Gasteiger partial charge in [-0.25, -0.2) is 13.0 Å². The van der Waals surface area contributed by atoms with Crippen molar-refractivity contribution in [1.29, 1.82) is 0 Å². The van der Waals surface area contributed by atoms with Gasteiger partial charge in [-0.2, -0.15) is 0 Å². The number of hydrogen-bond donors (Lipinski definition) is 1. The summed E-state index contributed by atoms with van der Waals surface area (Å²) in [7, 11) is -8.05. The Hall–Kier alpha value is -0.720. The number of benzene rings is 1. The maximum absolute atomic E-state index is 13.0. The molecule has 23 heavy (non-hydrogen) atoms. The second-order valence-corrected chi connectivity index (χ2v) is 10.7. The van der Waals surface area contributed by atoms with Crippen LogP contribution in [0.5, 0.6) is 0 Å². The minimum atomic E-state index is -4.04. The molecule has 1 aromatic rings. The van der Waals surface area contributed by atoms with Gasteiger partial charge in [0, 0.05) is 0 Å². The number of rotatable bonds is 3. The van der Waals surface area contributed by atoms with Crippen molar-refractivity contribution in [2.75, 3.05) is 0 Å². The Morgan fingerprint density at radius 3 is 1.87 bits per heavy atom. The minimum Gasteiger partial charge on any atom is -0.290 e. The van der Waals surface area contributed by atoms with Crippen LogP contribution >= 0.6 is 7.75 Å². The van der Waals surface area contributed by atoms with E-state index < -0.39 is 29.0 Å². The average Bonchev–Trinajstić information content (AvgIpc) is 2.42. The molecule has 0 aromatic heterocycles. The van der Waals surface area contributed by atoms with Gasteiger partial charge in [-0.3, -0.25) is 9.05 Å². The molecule has 1 saturated heterocycles. The Kier molecular flexibility index (Phi) is 4.83. The lowest BCUT2D eigenvalue weighted by atomic mass is 9.94. The Balaban J connectivity index is 2.35. The van der Waals surface area contributed by atoms with Crippen LogP contribution in [0.15, 0.2) is 29.2 Å². The van der Waals surface area contributed by atoms with Crippen LogP contribution in [0, 0.1) is 6.92 Å². The molecule has 0 aliphatic carbocycles. The second-order valence-electron chi connectivity index (χ2n) is 7.11. The zero-order valence-electron chi connectivity index (χ0n) is 14.1. The lowest BCUT2D eigenvalue weighted by molar-refractivity contribution is 0.0761. The molecule has 1 aliphatic rings. The first-order valence-corrected chi connectivity index (χ1v) is 10.5. The van der Waals surface area contributed by atoms with Crippen LogP contribution < -0.4 is 4.49 Å². The molecule has 2 rings (SSSR count). The van der Waals surface area contributed by atoms with E-state index in [4.69, 9.17) is 9.05 Å². The SMILES string of the molecule is Cc1ccc(S(=O)(=O)NP2(=O)OC(C)(C)CCC(C)(C)O2)cc1. The third kappa shape index (κ3) is 4.88. The van der Waals surface area contributed by atoms with E-state index in [2.05, 4.69) is 4.49 Å². The predicted octanol–water partition coefficient (Wildman–Crippen LogP) is 3.77. The fraction of sp³-hybridized carbons (Fsp3) is 0.600. The number of aryl methyl sites for hydroxylation is 1. The van der Waals surface area contributed by atoms with Crippen molar-refractivity contribution in [2.45, 2.75) is 63.6 Å². The Labute approximate surface area is 138 Å². The van der Waals surface area contributed by atoms with Crippen LogP contribution in [-0.4, -0.2) is 19.6 Å². The first-order chi connectivity index (χ1) is 10.3. The smallest absolute Gasteiger partial charge is 0.290 e. The second kappa shape index (κ2) is 5.97. The molecule has 1 aliphatic heterocycles. The summed E-state index contributed by atoms with van der Waals surface area (Å²) in [5, 5.41) is 0. The third-order valence-corrected chi connectivity index (χ3v) is 7.84. The van der Waals surface area contributed by atoms with Gasteiger partial charge in [0.2, 0.25) is 10.0 Å². The third-order valence-electron chi connectivity index (χ3n) is 3.63.